The summed E-state index contributed by atoms with van der Waals surface area (Å²) >= 11 is 0. The Morgan fingerprint density at radius 3 is 2.50 bits per heavy atom. The molecule has 0 aliphatic heterocycles. The van der Waals surface area contributed by atoms with Crippen LogP contribution >= 0.6 is 12.4 Å². The molecule has 0 saturated heterocycles. The topological polar surface area (TPSA) is 64.3 Å². The number of hydrogen-bond acceptors (Lipinski definition) is 3. The average Bonchev–Trinajstić information content (AvgIpc) is 2.50. The highest BCUT2D eigenvalue weighted by Gasteiger charge is 2.14. The number of rotatable bonds is 6. The van der Waals surface area contributed by atoms with Crippen molar-refractivity contribution >= 4 is 24.0 Å². The van der Waals surface area contributed by atoms with Crippen molar-refractivity contribution in [2.24, 2.45) is 5.73 Å². The fraction of sp³-hybridized carbons (Fsp3) is 0.278. The Kier molecular flexibility index (Phi) is 7.68. The molecule has 4 nitrogen and oxygen atoms in total. The van der Waals surface area contributed by atoms with Gasteiger partial charge in [-0.1, -0.05) is 30.3 Å². The molecule has 0 radical (unpaired) electrons. The van der Waals surface area contributed by atoms with E-state index in [2.05, 4.69) is 5.32 Å². The van der Waals surface area contributed by atoms with E-state index in [1.807, 2.05) is 44.2 Å². The van der Waals surface area contributed by atoms with Gasteiger partial charge in [-0.3, -0.25) is 4.79 Å². The Hall–Kier alpha value is -2.11. The van der Waals surface area contributed by atoms with Crippen molar-refractivity contribution in [1.82, 2.24) is 0 Å². The molecule has 24 heavy (non-hydrogen) atoms. The highest BCUT2D eigenvalue weighted by molar-refractivity contribution is 5.92. The molecule has 130 valence electrons. The lowest BCUT2D eigenvalue weighted by molar-refractivity contribution is -0.116. The normalized spacial score (nSPS) is 11.5. The number of amides is 1. The Labute approximate surface area is 147 Å². The first-order valence-electron chi connectivity index (χ1n) is 7.52. The number of carbonyl (C=O) groups is 1. The first-order chi connectivity index (χ1) is 11.0. The van der Waals surface area contributed by atoms with E-state index in [-0.39, 0.29) is 30.8 Å². The molecular formula is C18H22ClFN2O2. The molecule has 0 spiro atoms. The fourth-order valence-corrected chi connectivity index (χ4v) is 2.18. The zero-order valence-electron chi connectivity index (χ0n) is 13.7. The second-order valence-electron chi connectivity index (χ2n) is 5.58. The third-order valence-corrected chi connectivity index (χ3v) is 3.21. The lowest BCUT2D eigenvalue weighted by atomic mass is 10.0. The van der Waals surface area contributed by atoms with Crippen molar-refractivity contribution in [2.75, 3.05) is 5.32 Å². The smallest absolute Gasteiger partial charge is 0.226 e. The van der Waals surface area contributed by atoms with Gasteiger partial charge in [-0.05, 0) is 31.5 Å². The van der Waals surface area contributed by atoms with E-state index in [0.717, 1.165) is 5.56 Å². The summed E-state index contributed by atoms with van der Waals surface area (Å²) in [5.74, 6) is -0.299. The van der Waals surface area contributed by atoms with Gasteiger partial charge >= 0.3 is 0 Å². The molecule has 1 atom stereocenters. The highest BCUT2D eigenvalue weighted by Crippen LogP contribution is 2.27. The van der Waals surface area contributed by atoms with Crippen molar-refractivity contribution in [3.05, 3.63) is 59.9 Å². The van der Waals surface area contributed by atoms with Gasteiger partial charge < -0.3 is 15.8 Å². The van der Waals surface area contributed by atoms with Crippen molar-refractivity contribution < 1.29 is 13.9 Å². The van der Waals surface area contributed by atoms with Crippen LogP contribution in [0.4, 0.5) is 10.1 Å². The lowest BCUT2D eigenvalue weighted by Crippen LogP contribution is -2.21. The van der Waals surface area contributed by atoms with E-state index in [4.69, 9.17) is 10.5 Å². The predicted octanol–water partition coefficient (Wildman–Crippen LogP) is 4.06. The Morgan fingerprint density at radius 1 is 1.21 bits per heavy atom. The maximum Gasteiger partial charge on any atom is 0.226 e. The molecule has 2 rings (SSSR count). The van der Waals surface area contributed by atoms with Crippen LogP contribution in [0.5, 0.6) is 5.75 Å². The number of ether oxygens (including phenoxy) is 1. The number of anilines is 1. The van der Waals surface area contributed by atoms with Crippen molar-refractivity contribution in [1.29, 1.82) is 0 Å². The van der Waals surface area contributed by atoms with Crippen molar-refractivity contribution in [3.63, 3.8) is 0 Å². The van der Waals surface area contributed by atoms with Crippen LogP contribution in [-0.4, -0.2) is 12.0 Å². The van der Waals surface area contributed by atoms with E-state index in [1.54, 1.807) is 0 Å². The van der Waals surface area contributed by atoms with Crippen LogP contribution in [0.2, 0.25) is 0 Å². The van der Waals surface area contributed by atoms with Crippen LogP contribution in [0.25, 0.3) is 0 Å². The van der Waals surface area contributed by atoms with Gasteiger partial charge in [-0.2, -0.15) is 0 Å². The molecule has 0 bridgehead atoms. The monoisotopic (exact) mass is 352 g/mol. The third-order valence-electron chi connectivity index (χ3n) is 3.21. The van der Waals surface area contributed by atoms with Gasteiger partial charge in [0.1, 0.15) is 11.6 Å². The summed E-state index contributed by atoms with van der Waals surface area (Å²) in [4.78, 5) is 12.2. The summed E-state index contributed by atoms with van der Waals surface area (Å²) in [5.41, 5.74) is 7.22. The maximum absolute atomic E-state index is 13.4. The average molecular weight is 353 g/mol. The zero-order valence-corrected chi connectivity index (χ0v) is 14.5. The van der Waals surface area contributed by atoms with Crippen LogP contribution in [0.3, 0.4) is 0 Å². The molecule has 1 unspecified atom stereocenters. The van der Waals surface area contributed by atoms with Crippen LogP contribution in [-0.2, 0) is 4.79 Å². The Morgan fingerprint density at radius 2 is 1.88 bits per heavy atom. The number of nitrogens with one attached hydrogen (secondary N) is 1. The van der Waals surface area contributed by atoms with Crippen molar-refractivity contribution in [2.45, 2.75) is 32.4 Å². The molecule has 0 fully saturated rings. The number of nitrogens with two attached hydrogens (primary N) is 1. The number of benzene rings is 2. The second-order valence-corrected chi connectivity index (χ2v) is 5.58. The number of carbonyl (C=O) groups excluding carboxylic acids is 1. The van der Waals surface area contributed by atoms with Gasteiger partial charge in [0.2, 0.25) is 5.91 Å². The summed E-state index contributed by atoms with van der Waals surface area (Å²) in [6.45, 7) is 3.72. The van der Waals surface area contributed by atoms with Crippen LogP contribution in [0.15, 0.2) is 48.5 Å². The molecule has 0 heterocycles. The van der Waals surface area contributed by atoms with Gasteiger partial charge in [-0.25, -0.2) is 4.39 Å². The van der Waals surface area contributed by atoms with E-state index >= 15 is 0 Å². The first kappa shape index (κ1) is 19.9. The second kappa shape index (κ2) is 9.25. The molecular weight excluding hydrogens is 331 g/mol. The summed E-state index contributed by atoms with van der Waals surface area (Å²) in [7, 11) is 0. The molecule has 0 saturated carbocycles. The minimum atomic E-state index is -0.441. The Bertz CT molecular complexity index is 665. The van der Waals surface area contributed by atoms with Crippen molar-refractivity contribution in [3.8, 4) is 5.75 Å². The highest BCUT2D eigenvalue weighted by atomic mass is 35.5. The van der Waals surface area contributed by atoms with E-state index in [9.17, 15) is 9.18 Å². The summed E-state index contributed by atoms with van der Waals surface area (Å²) in [6.07, 6.45) is 0.0180. The Balaban J connectivity index is 0.00000288. The van der Waals surface area contributed by atoms with Crippen LogP contribution in [0.1, 0.15) is 31.9 Å². The van der Waals surface area contributed by atoms with E-state index < -0.39 is 11.9 Å². The minimum Gasteiger partial charge on any atom is -0.489 e. The van der Waals surface area contributed by atoms with Gasteiger partial charge in [0.25, 0.3) is 0 Å². The molecule has 3 N–H and O–H groups in total. The maximum atomic E-state index is 13.4. The standard InChI is InChI=1S/C18H21FN2O2.ClH/c1-12(2)23-17-9-8-14(19)10-16(17)21-18(22)11-15(20)13-6-4-3-5-7-13;/h3-10,12,15H,11,20H2,1-2H3,(H,21,22);1H. The van der Waals surface area contributed by atoms with Crippen LogP contribution < -0.4 is 15.8 Å². The molecule has 0 aliphatic carbocycles. The minimum absolute atomic E-state index is 0. The first-order valence-corrected chi connectivity index (χ1v) is 7.52. The molecule has 0 aromatic heterocycles. The summed E-state index contributed by atoms with van der Waals surface area (Å²) in [5, 5.41) is 2.67. The van der Waals surface area contributed by atoms with Gasteiger partial charge in [0, 0.05) is 18.5 Å². The summed E-state index contributed by atoms with van der Waals surface area (Å²) in [6, 6.07) is 13.0. The van der Waals surface area contributed by atoms with Gasteiger partial charge in [0.05, 0.1) is 11.8 Å². The fourth-order valence-electron chi connectivity index (χ4n) is 2.18. The molecule has 2 aromatic rings. The zero-order chi connectivity index (χ0) is 16.8. The quantitative estimate of drug-likeness (QED) is 0.823. The van der Waals surface area contributed by atoms with Crippen LogP contribution in [0, 0.1) is 5.82 Å². The third kappa shape index (κ3) is 5.83. The molecule has 1 amide bonds. The molecule has 6 heteroatoms. The number of hydrogen-bond donors (Lipinski definition) is 2. The SMILES string of the molecule is CC(C)Oc1ccc(F)cc1NC(=O)CC(N)c1ccccc1.Cl. The summed E-state index contributed by atoms with van der Waals surface area (Å²) < 4.78 is 19.0. The van der Waals surface area contributed by atoms with E-state index in [0.29, 0.717) is 11.4 Å². The molecule has 0 aliphatic rings. The predicted molar refractivity (Wildman–Crippen MR) is 96.0 cm³/mol. The number of halogens is 2. The van der Waals surface area contributed by atoms with E-state index in [1.165, 1.54) is 18.2 Å². The van der Waals surface area contributed by atoms with Gasteiger partial charge in [0.15, 0.2) is 0 Å². The largest absolute Gasteiger partial charge is 0.489 e. The van der Waals surface area contributed by atoms with Gasteiger partial charge in [-0.15, -0.1) is 12.4 Å². The lowest BCUT2D eigenvalue weighted by Gasteiger charge is -2.16. The molecule has 2 aromatic carbocycles.